The second kappa shape index (κ2) is 8.26. The number of phenolic OH excluding ortho intramolecular Hbond substituents is 1. The molecule has 0 aliphatic heterocycles. The molecule has 0 amide bonds. The van der Waals surface area contributed by atoms with Crippen LogP contribution in [-0.2, 0) is 14.4 Å². The van der Waals surface area contributed by atoms with Crippen LogP contribution < -0.4 is 0 Å². The summed E-state index contributed by atoms with van der Waals surface area (Å²) < 4.78 is 0. The Bertz CT molecular complexity index is 1240. The van der Waals surface area contributed by atoms with Crippen LogP contribution in [0.3, 0.4) is 0 Å². The van der Waals surface area contributed by atoms with Gasteiger partial charge in [0, 0.05) is 17.9 Å². The molecule has 0 aromatic heterocycles. The first-order chi connectivity index (χ1) is 16.6. The van der Waals surface area contributed by atoms with Gasteiger partial charge in [0.2, 0.25) is 5.78 Å². The maximum absolute atomic E-state index is 14.0. The largest absolute Gasteiger partial charge is 0.508 e. The van der Waals surface area contributed by atoms with Crippen LogP contribution in [0, 0.1) is 17.3 Å². The molecule has 0 heterocycles. The standard InChI is InChI=1S/C27H33NO8/c1-11-12-8-7-9-13(29)16(12)21(31)18-15(11)22(32)19-20(28(5)6)23(33)17(14(30)10-26(2,3)4)24(34)27(19,36)25(18)35/h7-9,11,15,19-20,22,29,31-32,34,36H,10H2,1-6H3/t11-,15+,19+,20-,22-,27+/m0/s1. The summed E-state index contributed by atoms with van der Waals surface area (Å²) in [5, 5.41) is 56.2. The number of hydrogen-bond acceptors (Lipinski definition) is 9. The number of benzene rings is 1. The normalized spacial score (nSPS) is 32.4. The number of rotatable bonds is 3. The Balaban J connectivity index is 2.02. The number of aliphatic hydroxyl groups is 4. The molecule has 194 valence electrons. The monoisotopic (exact) mass is 499 g/mol. The van der Waals surface area contributed by atoms with Crippen LogP contribution >= 0.6 is 0 Å². The molecule has 3 aliphatic rings. The van der Waals surface area contributed by atoms with E-state index in [1.165, 1.54) is 25.1 Å². The molecule has 5 N–H and O–H groups in total. The smallest absolute Gasteiger partial charge is 0.202 e. The lowest BCUT2D eigenvalue weighted by atomic mass is 9.54. The summed E-state index contributed by atoms with van der Waals surface area (Å²) in [6.07, 6.45) is -1.70. The van der Waals surface area contributed by atoms with E-state index in [1.54, 1.807) is 39.8 Å². The van der Waals surface area contributed by atoms with E-state index in [0.29, 0.717) is 5.56 Å². The summed E-state index contributed by atoms with van der Waals surface area (Å²) in [5.41, 5.74) is -3.94. The fraction of sp³-hybridized carbons (Fsp3) is 0.519. The summed E-state index contributed by atoms with van der Waals surface area (Å²) >= 11 is 0. The van der Waals surface area contributed by atoms with E-state index in [-0.39, 0.29) is 23.3 Å². The van der Waals surface area contributed by atoms with E-state index in [0.717, 1.165) is 0 Å². The zero-order valence-electron chi connectivity index (χ0n) is 21.2. The molecule has 36 heavy (non-hydrogen) atoms. The third kappa shape index (κ3) is 3.44. The quantitative estimate of drug-likeness (QED) is 0.393. The first kappa shape index (κ1) is 26.1. The van der Waals surface area contributed by atoms with Gasteiger partial charge in [-0.2, -0.15) is 0 Å². The average Bonchev–Trinajstić information content (AvgIpc) is 2.75. The van der Waals surface area contributed by atoms with Gasteiger partial charge in [-0.15, -0.1) is 0 Å². The Morgan fingerprint density at radius 2 is 1.72 bits per heavy atom. The fourth-order valence-electron chi connectivity index (χ4n) is 6.18. The second-order valence-corrected chi connectivity index (χ2v) is 11.6. The van der Waals surface area contributed by atoms with E-state index in [1.807, 2.05) is 0 Å². The van der Waals surface area contributed by atoms with Crippen molar-refractivity contribution in [3.8, 4) is 5.75 Å². The third-order valence-corrected chi connectivity index (χ3v) is 7.72. The number of carbonyl (C=O) groups excluding carboxylic acids is 3. The molecule has 9 nitrogen and oxygen atoms in total. The van der Waals surface area contributed by atoms with Crippen molar-refractivity contribution in [3.05, 3.63) is 46.2 Å². The van der Waals surface area contributed by atoms with Crippen LogP contribution in [0.25, 0.3) is 5.76 Å². The predicted molar refractivity (Wildman–Crippen MR) is 130 cm³/mol. The number of aromatic hydroxyl groups is 1. The SMILES string of the molecule is C[C@H]1c2cccc(O)c2C(O)=C2C(=O)[C@]3(O)C(O)=C(C(=O)CC(C)(C)C)C(=O)[C@@H](N(C)C)[C@@H]3[C@@H](O)[C@@H]21. The molecule has 0 spiro atoms. The van der Waals surface area contributed by atoms with Gasteiger partial charge in [0.1, 0.15) is 22.8 Å². The molecular weight excluding hydrogens is 466 g/mol. The topological polar surface area (TPSA) is 156 Å². The highest BCUT2D eigenvalue weighted by Crippen LogP contribution is 2.56. The van der Waals surface area contributed by atoms with Gasteiger partial charge in [-0.3, -0.25) is 19.3 Å². The van der Waals surface area contributed by atoms with Crippen molar-refractivity contribution in [1.29, 1.82) is 0 Å². The lowest BCUT2D eigenvalue weighted by molar-refractivity contribution is -0.169. The van der Waals surface area contributed by atoms with Gasteiger partial charge in [0.05, 0.1) is 23.6 Å². The third-order valence-electron chi connectivity index (χ3n) is 7.72. The van der Waals surface area contributed by atoms with Crippen molar-refractivity contribution in [3.63, 3.8) is 0 Å². The predicted octanol–water partition coefficient (Wildman–Crippen LogP) is 2.02. The highest BCUT2D eigenvalue weighted by atomic mass is 16.4. The fourth-order valence-corrected chi connectivity index (χ4v) is 6.18. The molecule has 9 heteroatoms. The van der Waals surface area contributed by atoms with E-state index >= 15 is 0 Å². The van der Waals surface area contributed by atoms with Crippen LogP contribution in [-0.4, -0.2) is 79.6 Å². The number of likely N-dealkylation sites (N-methyl/N-ethyl adjacent to an activating group) is 1. The van der Waals surface area contributed by atoms with E-state index in [9.17, 15) is 39.9 Å². The molecule has 1 saturated carbocycles. The van der Waals surface area contributed by atoms with Gasteiger partial charge < -0.3 is 25.5 Å². The van der Waals surface area contributed by atoms with Gasteiger partial charge in [-0.05, 0) is 37.1 Å². The maximum atomic E-state index is 14.0. The number of hydrogen-bond donors (Lipinski definition) is 5. The molecule has 1 aromatic rings. The minimum absolute atomic E-state index is 0.00222. The molecule has 4 rings (SSSR count). The maximum Gasteiger partial charge on any atom is 0.202 e. The van der Waals surface area contributed by atoms with Crippen molar-refractivity contribution < 1.29 is 39.9 Å². The molecule has 0 saturated heterocycles. The molecule has 6 atom stereocenters. The molecule has 0 bridgehead atoms. The summed E-state index contributed by atoms with van der Waals surface area (Å²) in [6.45, 7) is 7.02. The molecule has 0 unspecified atom stereocenters. The Morgan fingerprint density at radius 3 is 2.28 bits per heavy atom. The van der Waals surface area contributed by atoms with Gasteiger partial charge in [0.15, 0.2) is 17.2 Å². The molecule has 1 fully saturated rings. The summed E-state index contributed by atoms with van der Waals surface area (Å²) in [5.74, 6) is -7.77. The Labute approximate surface area is 209 Å². The van der Waals surface area contributed by atoms with Crippen molar-refractivity contribution >= 4 is 23.1 Å². The highest BCUT2D eigenvalue weighted by Gasteiger charge is 2.68. The number of nitrogens with zero attached hydrogens (tertiary/aromatic N) is 1. The van der Waals surface area contributed by atoms with Gasteiger partial charge in [-0.25, -0.2) is 0 Å². The van der Waals surface area contributed by atoms with Crippen LogP contribution in [0.5, 0.6) is 5.75 Å². The average molecular weight is 500 g/mol. The lowest BCUT2D eigenvalue weighted by Crippen LogP contribution is -2.70. The first-order valence-corrected chi connectivity index (χ1v) is 11.9. The zero-order valence-corrected chi connectivity index (χ0v) is 21.2. The molecular formula is C27H33NO8. The van der Waals surface area contributed by atoms with Crippen LogP contribution in [0.4, 0.5) is 0 Å². The Hall–Kier alpha value is -3.01. The molecule has 0 radical (unpaired) electrons. The van der Waals surface area contributed by atoms with Crippen LogP contribution in [0.1, 0.15) is 51.2 Å². The Kier molecular flexibility index (Phi) is 5.98. The number of carbonyl (C=O) groups is 3. The molecule has 1 aromatic carbocycles. The Morgan fingerprint density at radius 1 is 1.11 bits per heavy atom. The number of ketones is 3. The number of Topliss-reactive ketones (excluding diaryl/α,β-unsaturated/α-hetero) is 3. The van der Waals surface area contributed by atoms with Gasteiger partial charge >= 0.3 is 0 Å². The van der Waals surface area contributed by atoms with E-state index in [4.69, 9.17) is 0 Å². The van der Waals surface area contributed by atoms with E-state index < -0.39 is 75.4 Å². The minimum Gasteiger partial charge on any atom is -0.508 e. The van der Waals surface area contributed by atoms with Crippen molar-refractivity contribution in [2.75, 3.05) is 14.1 Å². The number of aliphatic hydroxyl groups excluding tert-OH is 3. The van der Waals surface area contributed by atoms with Gasteiger partial charge in [-0.1, -0.05) is 39.8 Å². The minimum atomic E-state index is -2.84. The first-order valence-electron chi connectivity index (χ1n) is 11.9. The number of fused-ring (bicyclic) bond motifs is 3. The molecule has 3 aliphatic carbocycles. The zero-order chi connectivity index (χ0) is 27.1. The van der Waals surface area contributed by atoms with E-state index in [2.05, 4.69) is 0 Å². The lowest BCUT2D eigenvalue weighted by Gasteiger charge is -2.53. The summed E-state index contributed by atoms with van der Waals surface area (Å²) in [6, 6.07) is 3.27. The highest BCUT2D eigenvalue weighted by molar-refractivity contribution is 6.25. The summed E-state index contributed by atoms with van der Waals surface area (Å²) in [7, 11) is 3.05. The van der Waals surface area contributed by atoms with Gasteiger partial charge in [0.25, 0.3) is 0 Å². The second-order valence-electron chi connectivity index (χ2n) is 11.6. The number of phenols is 1. The van der Waals surface area contributed by atoms with Crippen LogP contribution in [0.15, 0.2) is 35.1 Å². The van der Waals surface area contributed by atoms with Crippen LogP contribution in [0.2, 0.25) is 0 Å². The van der Waals surface area contributed by atoms with Crippen molar-refractivity contribution in [1.82, 2.24) is 4.90 Å². The van der Waals surface area contributed by atoms with Crippen molar-refractivity contribution in [2.45, 2.75) is 57.8 Å². The van der Waals surface area contributed by atoms with Crippen molar-refractivity contribution in [2.24, 2.45) is 17.3 Å². The summed E-state index contributed by atoms with van der Waals surface area (Å²) in [4.78, 5) is 42.2.